The molecule has 0 saturated heterocycles. The highest BCUT2D eigenvalue weighted by molar-refractivity contribution is 5.92. The Labute approximate surface area is 177 Å². The van der Waals surface area contributed by atoms with Crippen molar-refractivity contribution >= 4 is 11.7 Å². The second-order valence-corrected chi connectivity index (χ2v) is 7.92. The van der Waals surface area contributed by atoms with Crippen molar-refractivity contribution in [3.05, 3.63) is 76.6 Å². The van der Waals surface area contributed by atoms with Gasteiger partial charge in [0.15, 0.2) is 5.82 Å². The van der Waals surface area contributed by atoms with E-state index in [1.165, 1.54) is 5.56 Å². The van der Waals surface area contributed by atoms with Gasteiger partial charge in [0.1, 0.15) is 0 Å². The van der Waals surface area contributed by atoms with E-state index in [1.807, 2.05) is 44.2 Å². The molecule has 0 saturated carbocycles. The van der Waals surface area contributed by atoms with Crippen LogP contribution in [0.4, 0.5) is 5.82 Å². The van der Waals surface area contributed by atoms with E-state index in [9.17, 15) is 9.90 Å². The van der Waals surface area contributed by atoms with Gasteiger partial charge in [0, 0.05) is 17.9 Å². The first-order valence-electron chi connectivity index (χ1n) is 10.6. The summed E-state index contributed by atoms with van der Waals surface area (Å²) >= 11 is 0. The minimum Gasteiger partial charge on any atom is -0.392 e. The first-order valence-corrected chi connectivity index (χ1v) is 10.6. The zero-order valence-electron chi connectivity index (χ0n) is 17.5. The maximum Gasteiger partial charge on any atom is 0.228 e. The second-order valence-electron chi connectivity index (χ2n) is 7.92. The van der Waals surface area contributed by atoms with Crippen LogP contribution in [0, 0.1) is 5.92 Å². The van der Waals surface area contributed by atoms with Crippen LogP contribution in [0.3, 0.4) is 0 Å². The van der Waals surface area contributed by atoms with E-state index >= 15 is 0 Å². The predicted molar refractivity (Wildman–Crippen MR) is 118 cm³/mol. The number of carbonyl (C=O) groups is 1. The maximum absolute atomic E-state index is 12.6. The lowest BCUT2D eigenvalue weighted by Gasteiger charge is -2.22. The highest BCUT2D eigenvalue weighted by atomic mass is 16.3. The molecule has 5 heteroatoms. The van der Waals surface area contributed by atoms with Gasteiger partial charge >= 0.3 is 0 Å². The highest BCUT2D eigenvalue weighted by Gasteiger charge is 2.23. The summed E-state index contributed by atoms with van der Waals surface area (Å²) in [5, 5.41) is 12.5. The minimum absolute atomic E-state index is 0.0233. The van der Waals surface area contributed by atoms with Crippen LogP contribution in [-0.4, -0.2) is 21.0 Å². The van der Waals surface area contributed by atoms with Crippen molar-refractivity contribution in [2.45, 2.75) is 46.1 Å². The Morgan fingerprint density at radius 1 is 1.10 bits per heavy atom. The number of aliphatic hydroxyl groups is 1. The molecule has 1 aliphatic carbocycles. The van der Waals surface area contributed by atoms with E-state index in [1.54, 1.807) is 0 Å². The predicted octanol–water partition coefficient (Wildman–Crippen LogP) is 4.31. The van der Waals surface area contributed by atoms with Crippen LogP contribution in [-0.2, 0) is 30.7 Å². The summed E-state index contributed by atoms with van der Waals surface area (Å²) in [5.74, 6) is 0.466. The lowest BCUT2D eigenvalue weighted by atomic mass is 9.90. The van der Waals surface area contributed by atoms with Gasteiger partial charge in [-0.3, -0.25) is 4.79 Å². The number of hydrogen-bond donors (Lipinski definition) is 2. The van der Waals surface area contributed by atoms with Crippen molar-refractivity contribution in [1.82, 2.24) is 9.97 Å². The van der Waals surface area contributed by atoms with Gasteiger partial charge in [-0.15, -0.1) is 0 Å². The van der Waals surface area contributed by atoms with Gasteiger partial charge in [0.25, 0.3) is 0 Å². The molecule has 154 valence electrons. The molecule has 1 atom stereocenters. The van der Waals surface area contributed by atoms with E-state index in [0.29, 0.717) is 12.2 Å². The first kappa shape index (κ1) is 20.2. The van der Waals surface area contributed by atoms with Gasteiger partial charge in [-0.1, -0.05) is 62.4 Å². The molecule has 0 spiro atoms. The van der Waals surface area contributed by atoms with E-state index in [0.717, 1.165) is 53.0 Å². The third kappa shape index (κ3) is 4.12. The molecule has 0 bridgehead atoms. The van der Waals surface area contributed by atoms with Gasteiger partial charge in [-0.2, -0.15) is 0 Å². The Kier molecular flexibility index (Phi) is 5.91. The van der Waals surface area contributed by atoms with E-state index in [2.05, 4.69) is 23.5 Å². The Morgan fingerprint density at radius 3 is 2.63 bits per heavy atom. The van der Waals surface area contributed by atoms with Crippen molar-refractivity contribution in [3.63, 3.8) is 0 Å². The average molecular weight is 402 g/mol. The van der Waals surface area contributed by atoms with Gasteiger partial charge in [0.05, 0.1) is 23.7 Å². The number of aromatic nitrogens is 2. The molecule has 0 fully saturated rings. The van der Waals surface area contributed by atoms with Crippen LogP contribution >= 0.6 is 0 Å². The van der Waals surface area contributed by atoms with Gasteiger partial charge < -0.3 is 10.4 Å². The topological polar surface area (TPSA) is 75.1 Å². The fraction of sp³-hybridized carbons (Fsp3) is 0.320. The van der Waals surface area contributed by atoms with E-state index < -0.39 is 0 Å². The summed E-state index contributed by atoms with van der Waals surface area (Å²) in [5.41, 5.74) is 6.85. The molecule has 4 rings (SSSR count). The quantitative estimate of drug-likeness (QED) is 0.645. The number of hydrogen-bond acceptors (Lipinski definition) is 4. The fourth-order valence-electron chi connectivity index (χ4n) is 3.77. The Hall–Kier alpha value is -3.05. The number of nitrogens with zero attached hydrogens (tertiary/aromatic N) is 2. The van der Waals surface area contributed by atoms with E-state index in [4.69, 9.17) is 9.97 Å². The van der Waals surface area contributed by atoms with Crippen molar-refractivity contribution in [2.75, 3.05) is 5.32 Å². The van der Waals surface area contributed by atoms with E-state index in [-0.39, 0.29) is 18.4 Å². The SMILES string of the molecule is CCC(C)C(=O)Nc1nc2c(nc1Cc1ccccc1)-c1ccc(CO)cc1CC2. The van der Waals surface area contributed by atoms with Crippen LogP contribution in [0.15, 0.2) is 48.5 Å². The van der Waals surface area contributed by atoms with Crippen LogP contribution in [0.1, 0.15) is 48.3 Å². The number of amides is 1. The summed E-state index contributed by atoms with van der Waals surface area (Å²) in [6.07, 6.45) is 2.99. The standard InChI is InChI=1S/C25H27N3O2/c1-3-16(2)25(30)28-24-22(14-17-7-5-4-6-8-17)26-23-20-11-9-18(15-29)13-19(20)10-12-21(23)27-24/h4-9,11,13,16,29H,3,10,12,14-15H2,1-2H3,(H,27,28,30). The summed E-state index contributed by atoms with van der Waals surface area (Å²) in [7, 11) is 0. The third-order valence-electron chi connectivity index (χ3n) is 5.79. The monoisotopic (exact) mass is 401 g/mol. The number of aliphatic hydroxyl groups excluding tert-OH is 1. The zero-order valence-corrected chi connectivity index (χ0v) is 17.5. The van der Waals surface area contributed by atoms with Gasteiger partial charge in [-0.05, 0) is 36.0 Å². The van der Waals surface area contributed by atoms with Crippen molar-refractivity contribution in [3.8, 4) is 11.3 Å². The molecule has 1 heterocycles. The third-order valence-corrected chi connectivity index (χ3v) is 5.79. The number of carbonyl (C=O) groups excluding carboxylic acids is 1. The lowest BCUT2D eigenvalue weighted by Crippen LogP contribution is -2.23. The molecule has 2 aromatic carbocycles. The van der Waals surface area contributed by atoms with Crippen molar-refractivity contribution < 1.29 is 9.90 Å². The van der Waals surface area contributed by atoms with Crippen LogP contribution in [0.2, 0.25) is 0 Å². The number of benzene rings is 2. The molecule has 1 aliphatic rings. The molecule has 1 unspecified atom stereocenters. The molecule has 5 nitrogen and oxygen atoms in total. The Bertz CT molecular complexity index is 1060. The second kappa shape index (κ2) is 8.76. The minimum atomic E-state index is -0.0787. The summed E-state index contributed by atoms with van der Waals surface area (Å²) in [4.78, 5) is 22.5. The molecule has 1 aromatic heterocycles. The molecule has 0 aliphatic heterocycles. The fourth-order valence-corrected chi connectivity index (χ4v) is 3.77. The number of fused-ring (bicyclic) bond motifs is 3. The Balaban J connectivity index is 1.78. The normalized spacial score (nSPS) is 13.3. The molecule has 30 heavy (non-hydrogen) atoms. The Morgan fingerprint density at radius 2 is 1.90 bits per heavy atom. The largest absolute Gasteiger partial charge is 0.392 e. The van der Waals surface area contributed by atoms with Crippen LogP contribution in [0.25, 0.3) is 11.3 Å². The lowest BCUT2D eigenvalue weighted by molar-refractivity contribution is -0.119. The maximum atomic E-state index is 12.6. The molecule has 1 amide bonds. The van der Waals surface area contributed by atoms with Crippen LogP contribution < -0.4 is 5.32 Å². The molecule has 0 radical (unpaired) electrons. The number of nitrogens with one attached hydrogen (secondary N) is 1. The molecule has 2 N–H and O–H groups in total. The summed E-state index contributed by atoms with van der Waals surface area (Å²) < 4.78 is 0. The molecular formula is C25H27N3O2. The first-order chi connectivity index (χ1) is 14.6. The number of anilines is 1. The zero-order chi connectivity index (χ0) is 21.1. The van der Waals surface area contributed by atoms with Crippen LogP contribution in [0.5, 0.6) is 0 Å². The number of aryl methyl sites for hydroxylation is 2. The molecular weight excluding hydrogens is 374 g/mol. The van der Waals surface area contributed by atoms with Gasteiger partial charge in [0.2, 0.25) is 5.91 Å². The molecule has 3 aromatic rings. The number of rotatable bonds is 6. The highest BCUT2D eigenvalue weighted by Crippen LogP contribution is 2.34. The average Bonchev–Trinajstić information content (AvgIpc) is 2.79. The summed E-state index contributed by atoms with van der Waals surface area (Å²) in [6, 6.07) is 16.1. The van der Waals surface area contributed by atoms with Crippen molar-refractivity contribution in [1.29, 1.82) is 0 Å². The van der Waals surface area contributed by atoms with Gasteiger partial charge in [-0.25, -0.2) is 9.97 Å². The smallest absolute Gasteiger partial charge is 0.228 e. The summed E-state index contributed by atoms with van der Waals surface area (Å²) in [6.45, 7) is 3.96. The van der Waals surface area contributed by atoms with Crippen molar-refractivity contribution in [2.24, 2.45) is 5.92 Å².